The van der Waals surface area contributed by atoms with Crippen molar-refractivity contribution in [3.8, 4) is 11.9 Å². The van der Waals surface area contributed by atoms with Crippen LogP contribution in [-0.2, 0) is 0 Å². The van der Waals surface area contributed by atoms with Crippen molar-refractivity contribution in [3.63, 3.8) is 0 Å². The van der Waals surface area contributed by atoms with E-state index < -0.39 is 10.5 Å². The molecule has 0 atom stereocenters. The van der Waals surface area contributed by atoms with Crippen LogP contribution in [0.5, 0.6) is 5.75 Å². The Morgan fingerprint density at radius 2 is 2.12 bits per heavy atom. The van der Waals surface area contributed by atoms with E-state index in [-0.39, 0.29) is 5.69 Å². The van der Waals surface area contributed by atoms with Crippen LogP contribution >= 0.6 is 0 Å². The summed E-state index contributed by atoms with van der Waals surface area (Å²) >= 11 is 0. The second-order valence-electron chi connectivity index (χ2n) is 5.81. The summed E-state index contributed by atoms with van der Waals surface area (Å²) in [6.45, 7) is 3.78. The van der Waals surface area contributed by atoms with E-state index in [1.165, 1.54) is 12.1 Å². The van der Waals surface area contributed by atoms with Gasteiger partial charge in [0.15, 0.2) is 0 Å². The predicted molar refractivity (Wildman–Crippen MR) is 86.8 cm³/mol. The molecule has 0 fully saturated rings. The van der Waals surface area contributed by atoms with Gasteiger partial charge in [-0.3, -0.25) is 10.1 Å². The van der Waals surface area contributed by atoms with Crippen LogP contribution in [0.3, 0.4) is 0 Å². The highest BCUT2D eigenvalue weighted by Gasteiger charge is 2.29. The van der Waals surface area contributed by atoms with Gasteiger partial charge in [-0.1, -0.05) is 6.07 Å². The number of aromatic nitrogens is 1. The molecule has 0 N–H and O–H groups in total. The number of pyridine rings is 1. The number of rotatable bonds is 2. The zero-order valence-electron chi connectivity index (χ0n) is 13.1. The van der Waals surface area contributed by atoms with Crippen molar-refractivity contribution in [1.29, 1.82) is 5.26 Å². The van der Waals surface area contributed by atoms with Crippen LogP contribution in [-0.4, -0.2) is 15.1 Å². The lowest BCUT2D eigenvalue weighted by Gasteiger charge is -2.31. The van der Waals surface area contributed by atoms with E-state index in [4.69, 9.17) is 10.00 Å². The fraction of sp³-hybridized carbons (Fsp3) is 0.176. The predicted octanol–water partition coefficient (Wildman–Crippen LogP) is 2.84. The summed E-state index contributed by atoms with van der Waals surface area (Å²) in [6.07, 6.45) is 5.39. The topological polar surface area (TPSA) is 93.5 Å². The Bertz CT molecular complexity index is 964. The minimum Gasteiger partial charge on any atom is -0.483 e. The summed E-state index contributed by atoms with van der Waals surface area (Å²) in [5, 5.41) is 20.0. The molecule has 0 spiro atoms. The maximum Gasteiger partial charge on any atom is 0.270 e. The molecular weight excluding hydrogens is 308 g/mol. The van der Waals surface area contributed by atoms with Gasteiger partial charge in [-0.05, 0) is 38.1 Å². The first-order valence-electron chi connectivity index (χ1n) is 7.23. The minimum absolute atomic E-state index is 0.0294. The Labute approximate surface area is 137 Å². The molecule has 0 amide bonds. The zero-order chi connectivity index (χ0) is 17.3. The van der Waals surface area contributed by atoms with Gasteiger partial charge in [0.1, 0.15) is 16.8 Å². The molecule has 0 radical (unpaired) electrons. The fourth-order valence-electron chi connectivity index (χ4n) is 2.62. The number of nitrogens with zero attached hydrogens (tertiary/aromatic N) is 4. The molecule has 0 bridgehead atoms. The van der Waals surface area contributed by atoms with Crippen LogP contribution in [0.2, 0.25) is 0 Å². The van der Waals surface area contributed by atoms with Gasteiger partial charge in [0.05, 0.1) is 10.6 Å². The summed E-state index contributed by atoms with van der Waals surface area (Å²) in [6, 6.07) is 9.74. The highest BCUT2D eigenvalue weighted by atomic mass is 16.6. The standard InChI is InChI=1S/C17H14N4O3/c1-17(2)10-14(20-8-4-3-5-16(20)19-11-18)13-9-12(21(22)23)6-7-15(13)24-17/h3-10H,1-2H3/b19-16-. The molecule has 0 saturated heterocycles. The van der Waals surface area contributed by atoms with E-state index in [0.29, 0.717) is 22.5 Å². The van der Waals surface area contributed by atoms with Crippen molar-refractivity contribution in [2.75, 3.05) is 0 Å². The van der Waals surface area contributed by atoms with Crippen LogP contribution < -0.4 is 10.2 Å². The van der Waals surface area contributed by atoms with E-state index >= 15 is 0 Å². The molecule has 7 nitrogen and oxygen atoms in total. The van der Waals surface area contributed by atoms with Crippen molar-refractivity contribution >= 4 is 11.4 Å². The van der Waals surface area contributed by atoms with Gasteiger partial charge in [-0.15, -0.1) is 0 Å². The molecule has 1 aromatic heterocycles. The number of benzene rings is 1. The van der Waals surface area contributed by atoms with Gasteiger partial charge in [0.2, 0.25) is 6.19 Å². The Morgan fingerprint density at radius 1 is 1.33 bits per heavy atom. The summed E-state index contributed by atoms with van der Waals surface area (Å²) in [5.41, 5.74) is 1.05. The normalized spacial score (nSPS) is 15.7. The number of ether oxygens (including phenoxy) is 1. The highest BCUT2D eigenvalue weighted by molar-refractivity contribution is 5.75. The van der Waals surface area contributed by atoms with Crippen molar-refractivity contribution in [2.45, 2.75) is 19.4 Å². The van der Waals surface area contributed by atoms with E-state index in [9.17, 15) is 10.1 Å². The third-order valence-corrected chi connectivity index (χ3v) is 3.57. The van der Waals surface area contributed by atoms with E-state index in [0.717, 1.165) is 0 Å². The largest absolute Gasteiger partial charge is 0.483 e. The van der Waals surface area contributed by atoms with Gasteiger partial charge >= 0.3 is 0 Å². The van der Waals surface area contributed by atoms with Crippen molar-refractivity contribution in [3.05, 3.63) is 69.8 Å². The number of nitro benzene ring substituents is 1. The van der Waals surface area contributed by atoms with E-state index in [2.05, 4.69) is 4.99 Å². The third-order valence-electron chi connectivity index (χ3n) is 3.57. The first kappa shape index (κ1) is 15.5. The van der Waals surface area contributed by atoms with Crippen LogP contribution in [0.4, 0.5) is 5.69 Å². The van der Waals surface area contributed by atoms with Gasteiger partial charge in [-0.2, -0.15) is 10.3 Å². The molecule has 24 heavy (non-hydrogen) atoms. The molecule has 1 aliphatic rings. The SMILES string of the molecule is CC1(C)C=C(n2cccc/c2=N/C#N)c2cc([N+](=O)[O-])ccc2O1. The van der Waals surface area contributed by atoms with Gasteiger partial charge in [0.25, 0.3) is 5.69 Å². The molecule has 7 heteroatoms. The lowest BCUT2D eigenvalue weighted by Crippen LogP contribution is -2.32. The second kappa shape index (κ2) is 5.66. The number of nitro groups is 1. The number of nitriles is 1. The van der Waals surface area contributed by atoms with Crippen LogP contribution in [0.1, 0.15) is 19.4 Å². The van der Waals surface area contributed by atoms with E-state index in [1.54, 1.807) is 41.2 Å². The summed E-state index contributed by atoms with van der Waals surface area (Å²) in [5.74, 6) is 0.544. The van der Waals surface area contributed by atoms with Gasteiger partial charge in [0, 0.05) is 23.9 Å². The Kier molecular flexibility index (Phi) is 3.66. The smallest absolute Gasteiger partial charge is 0.270 e. The lowest BCUT2D eigenvalue weighted by molar-refractivity contribution is -0.384. The zero-order valence-corrected chi connectivity index (χ0v) is 13.1. The summed E-state index contributed by atoms with van der Waals surface area (Å²) < 4.78 is 7.62. The molecule has 1 aliphatic heterocycles. The van der Waals surface area contributed by atoms with Crippen molar-refractivity contribution < 1.29 is 9.66 Å². The molecule has 1 aromatic carbocycles. The lowest BCUT2D eigenvalue weighted by atomic mass is 9.98. The number of hydrogen-bond donors (Lipinski definition) is 0. The second-order valence-corrected chi connectivity index (χ2v) is 5.81. The molecule has 2 aromatic rings. The molecular formula is C17H14N4O3. The molecule has 0 saturated carbocycles. The third kappa shape index (κ3) is 2.77. The van der Waals surface area contributed by atoms with Gasteiger partial charge in [-0.25, -0.2) is 0 Å². The van der Waals surface area contributed by atoms with E-state index in [1.807, 2.05) is 19.9 Å². The Hall–Kier alpha value is -3.40. The fourth-order valence-corrected chi connectivity index (χ4v) is 2.62. The summed E-state index contributed by atoms with van der Waals surface area (Å²) in [4.78, 5) is 14.5. The number of fused-ring (bicyclic) bond motifs is 1. The summed E-state index contributed by atoms with van der Waals surface area (Å²) in [7, 11) is 0. The van der Waals surface area contributed by atoms with Gasteiger partial charge < -0.3 is 9.30 Å². The van der Waals surface area contributed by atoms with Crippen molar-refractivity contribution in [2.24, 2.45) is 4.99 Å². The average Bonchev–Trinajstić information content (AvgIpc) is 2.53. The molecule has 3 rings (SSSR count). The van der Waals surface area contributed by atoms with Crippen LogP contribution in [0.25, 0.3) is 5.70 Å². The monoisotopic (exact) mass is 322 g/mol. The Balaban J connectivity index is 2.30. The quantitative estimate of drug-likeness (QED) is 0.482. The molecule has 120 valence electrons. The Morgan fingerprint density at radius 3 is 2.83 bits per heavy atom. The first-order valence-corrected chi connectivity index (χ1v) is 7.23. The maximum atomic E-state index is 11.1. The minimum atomic E-state index is -0.606. The van der Waals surface area contributed by atoms with Crippen LogP contribution in [0.15, 0.2) is 53.7 Å². The van der Waals surface area contributed by atoms with Crippen LogP contribution in [0, 0.1) is 21.6 Å². The molecule has 2 heterocycles. The van der Waals surface area contributed by atoms with Crippen molar-refractivity contribution in [1.82, 2.24) is 4.57 Å². The number of hydrogen-bond acceptors (Lipinski definition) is 5. The number of non-ortho nitro benzene ring substituents is 1. The molecule has 0 aliphatic carbocycles. The maximum absolute atomic E-state index is 11.1. The first-order chi connectivity index (χ1) is 11.4. The average molecular weight is 322 g/mol. The molecule has 0 unspecified atom stereocenters. The highest BCUT2D eigenvalue weighted by Crippen LogP contribution is 2.38.